The van der Waals surface area contributed by atoms with Crippen LogP contribution in [0.5, 0.6) is 0 Å². The molecule has 1 aromatic rings. The van der Waals surface area contributed by atoms with E-state index in [1.807, 2.05) is 5.48 Å². The lowest BCUT2D eigenvalue weighted by Gasteiger charge is -2.20. The first kappa shape index (κ1) is 14.3. The van der Waals surface area contributed by atoms with Gasteiger partial charge in [-0.15, -0.1) is 0 Å². The molecular weight excluding hydrogens is 238 g/mol. The zero-order valence-corrected chi connectivity index (χ0v) is 10.6. The Kier molecular flexibility index (Phi) is 4.57. The Balaban J connectivity index is 2.65. The van der Waals surface area contributed by atoms with Crippen molar-refractivity contribution in [3.63, 3.8) is 0 Å². The number of carbonyl (C=O) groups is 2. The molecule has 1 aromatic heterocycles. The number of rotatable bonds is 5. The van der Waals surface area contributed by atoms with Gasteiger partial charge in [0.05, 0.1) is 6.33 Å². The molecule has 1 rings (SSSR count). The molecule has 0 aliphatic rings. The zero-order chi connectivity index (χ0) is 13.8. The Morgan fingerprint density at radius 3 is 2.67 bits per heavy atom. The smallest absolute Gasteiger partial charge is 0.376 e. The van der Waals surface area contributed by atoms with Crippen LogP contribution in [-0.2, 0) is 20.7 Å². The summed E-state index contributed by atoms with van der Waals surface area (Å²) in [4.78, 5) is 29.8. The highest BCUT2D eigenvalue weighted by molar-refractivity contribution is 6.35. The van der Waals surface area contributed by atoms with Gasteiger partial charge in [-0.3, -0.25) is 4.79 Å². The van der Waals surface area contributed by atoms with Crippen molar-refractivity contribution in [3.05, 3.63) is 18.2 Å². The van der Waals surface area contributed by atoms with Crippen LogP contribution in [0, 0.1) is 0 Å². The molecule has 1 heterocycles. The summed E-state index contributed by atoms with van der Waals surface area (Å²) in [5.74, 6) is -1.81. The Morgan fingerprint density at radius 1 is 1.56 bits per heavy atom. The van der Waals surface area contributed by atoms with Gasteiger partial charge in [-0.2, -0.15) is 5.48 Å². The number of ketones is 1. The van der Waals surface area contributed by atoms with Crippen molar-refractivity contribution in [1.82, 2.24) is 15.4 Å². The largest absolute Gasteiger partial charge is 0.454 e. The van der Waals surface area contributed by atoms with Gasteiger partial charge >= 0.3 is 5.97 Å². The molecule has 0 spiro atoms. The van der Waals surface area contributed by atoms with Crippen molar-refractivity contribution >= 4 is 11.8 Å². The molecule has 3 N–H and O–H groups in total. The highest BCUT2D eigenvalue weighted by atomic mass is 16.6. The number of nitrogens with zero attached hydrogens (tertiary/aromatic N) is 1. The van der Waals surface area contributed by atoms with Crippen LogP contribution >= 0.6 is 0 Å². The topological polar surface area (TPSA) is 104 Å². The molecule has 18 heavy (non-hydrogen) atoms. The normalized spacial score (nSPS) is 13.1. The maximum atomic E-state index is 11.7. The minimum absolute atomic E-state index is 0.120. The molecule has 100 valence electrons. The number of hydroxylamine groups is 1. The summed E-state index contributed by atoms with van der Waals surface area (Å²) < 4.78 is 4.94. The van der Waals surface area contributed by atoms with Crippen LogP contribution in [0.25, 0.3) is 0 Å². The van der Waals surface area contributed by atoms with E-state index in [9.17, 15) is 9.59 Å². The molecule has 0 aliphatic carbocycles. The molecule has 0 saturated carbocycles. The SMILES string of the molecule is CC(C)(C)OC(=O)C(=O)[C@H](Cc1cnc[nH]1)NO. The summed E-state index contributed by atoms with van der Waals surface area (Å²) in [7, 11) is 0. The van der Waals surface area contributed by atoms with Crippen molar-refractivity contribution in [2.45, 2.75) is 38.8 Å². The Hall–Kier alpha value is -1.73. The number of aromatic amines is 1. The van der Waals surface area contributed by atoms with Crippen molar-refractivity contribution in [2.24, 2.45) is 0 Å². The predicted octanol–water partition coefficient (Wildman–Crippen LogP) is 0.210. The number of aromatic nitrogens is 2. The van der Waals surface area contributed by atoms with E-state index in [2.05, 4.69) is 9.97 Å². The molecule has 0 fully saturated rings. The molecule has 0 aliphatic heterocycles. The first-order chi connectivity index (χ1) is 8.33. The number of carbonyl (C=O) groups excluding carboxylic acids is 2. The van der Waals surface area contributed by atoms with Gasteiger partial charge in [0.2, 0.25) is 0 Å². The van der Waals surface area contributed by atoms with Gasteiger partial charge in [0.15, 0.2) is 0 Å². The van der Waals surface area contributed by atoms with Crippen molar-refractivity contribution in [2.75, 3.05) is 0 Å². The van der Waals surface area contributed by atoms with Gasteiger partial charge in [0.25, 0.3) is 5.78 Å². The third kappa shape index (κ3) is 4.27. The van der Waals surface area contributed by atoms with E-state index in [1.165, 1.54) is 12.5 Å². The Morgan fingerprint density at radius 2 is 2.22 bits per heavy atom. The molecule has 0 saturated heterocycles. The number of H-pyrrole nitrogens is 1. The number of ether oxygens (including phenoxy) is 1. The summed E-state index contributed by atoms with van der Waals surface area (Å²) >= 11 is 0. The molecule has 0 unspecified atom stereocenters. The summed E-state index contributed by atoms with van der Waals surface area (Å²) in [5, 5.41) is 8.93. The maximum absolute atomic E-state index is 11.7. The van der Waals surface area contributed by atoms with Crippen LogP contribution in [0.1, 0.15) is 26.5 Å². The molecule has 0 radical (unpaired) electrons. The second-order valence-electron chi connectivity index (χ2n) is 4.83. The lowest BCUT2D eigenvalue weighted by atomic mass is 10.1. The first-order valence-corrected chi connectivity index (χ1v) is 5.47. The van der Waals surface area contributed by atoms with Crippen LogP contribution in [0.15, 0.2) is 12.5 Å². The van der Waals surface area contributed by atoms with Gasteiger partial charge in [-0.1, -0.05) is 0 Å². The van der Waals surface area contributed by atoms with Gasteiger partial charge in [-0.05, 0) is 20.8 Å². The summed E-state index contributed by atoms with van der Waals surface area (Å²) in [6.45, 7) is 4.98. The Bertz CT molecular complexity index is 408. The van der Waals surface area contributed by atoms with E-state index in [0.29, 0.717) is 5.69 Å². The average Bonchev–Trinajstić information content (AvgIpc) is 2.75. The van der Waals surface area contributed by atoms with Crippen LogP contribution in [0.2, 0.25) is 0 Å². The molecule has 7 nitrogen and oxygen atoms in total. The molecule has 0 aromatic carbocycles. The highest BCUT2D eigenvalue weighted by Crippen LogP contribution is 2.09. The maximum Gasteiger partial charge on any atom is 0.376 e. The second-order valence-corrected chi connectivity index (χ2v) is 4.83. The molecule has 7 heteroatoms. The van der Waals surface area contributed by atoms with Gasteiger partial charge < -0.3 is 14.9 Å². The number of esters is 1. The zero-order valence-electron chi connectivity index (χ0n) is 10.6. The second kappa shape index (κ2) is 5.74. The average molecular weight is 255 g/mol. The molecule has 0 amide bonds. The number of Topliss-reactive ketones (excluding diaryl/α,β-unsaturated/α-hetero) is 1. The molecule has 0 bridgehead atoms. The highest BCUT2D eigenvalue weighted by Gasteiger charge is 2.30. The van der Waals surface area contributed by atoms with E-state index in [4.69, 9.17) is 9.94 Å². The fourth-order valence-electron chi connectivity index (χ4n) is 1.28. The predicted molar refractivity (Wildman–Crippen MR) is 61.9 cm³/mol. The fraction of sp³-hybridized carbons (Fsp3) is 0.545. The fourth-order valence-corrected chi connectivity index (χ4v) is 1.28. The van der Waals surface area contributed by atoms with E-state index in [1.54, 1.807) is 20.8 Å². The number of nitrogens with one attached hydrogen (secondary N) is 2. The summed E-state index contributed by atoms with van der Waals surface area (Å²) in [5.41, 5.74) is 1.68. The van der Waals surface area contributed by atoms with Crippen LogP contribution in [0.4, 0.5) is 0 Å². The standard InChI is InChI=1S/C11H17N3O4/c1-11(2,3)18-10(16)9(15)8(14-17)4-7-5-12-6-13-7/h5-6,8,14,17H,4H2,1-3H3,(H,12,13)/t8-/m0/s1. The van der Waals surface area contributed by atoms with Crippen molar-refractivity contribution < 1.29 is 19.5 Å². The lowest BCUT2D eigenvalue weighted by Crippen LogP contribution is -2.43. The van der Waals surface area contributed by atoms with Gasteiger partial charge in [-0.25, -0.2) is 9.78 Å². The summed E-state index contributed by atoms with van der Waals surface area (Å²) in [6.07, 6.45) is 3.07. The van der Waals surface area contributed by atoms with Crippen LogP contribution in [0.3, 0.4) is 0 Å². The summed E-state index contributed by atoms with van der Waals surface area (Å²) in [6, 6.07) is -1.06. The minimum Gasteiger partial charge on any atom is -0.454 e. The number of hydrogen-bond donors (Lipinski definition) is 3. The monoisotopic (exact) mass is 255 g/mol. The number of hydrogen-bond acceptors (Lipinski definition) is 6. The minimum atomic E-state index is -1.06. The van der Waals surface area contributed by atoms with Crippen LogP contribution < -0.4 is 5.48 Å². The van der Waals surface area contributed by atoms with Crippen LogP contribution in [-0.4, -0.2) is 38.6 Å². The third-order valence-corrected chi connectivity index (χ3v) is 2.05. The number of imidazole rings is 1. The van der Waals surface area contributed by atoms with E-state index in [-0.39, 0.29) is 6.42 Å². The van der Waals surface area contributed by atoms with Crippen molar-refractivity contribution in [1.29, 1.82) is 0 Å². The van der Waals surface area contributed by atoms with E-state index in [0.717, 1.165) is 0 Å². The molecule has 1 atom stereocenters. The van der Waals surface area contributed by atoms with Crippen molar-refractivity contribution in [3.8, 4) is 0 Å². The lowest BCUT2D eigenvalue weighted by molar-refractivity contribution is -0.164. The van der Waals surface area contributed by atoms with Gasteiger partial charge in [0, 0.05) is 18.3 Å². The Labute approximate surface area is 105 Å². The third-order valence-electron chi connectivity index (χ3n) is 2.05. The quantitative estimate of drug-likeness (QED) is 0.395. The van der Waals surface area contributed by atoms with E-state index < -0.39 is 23.4 Å². The molecular formula is C11H17N3O4. The van der Waals surface area contributed by atoms with E-state index >= 15 is 0 Å². The first-order valence-electron chi connectivity index (χ1n) is 5.47. The van der Waals surface area contributed by atoms with Gasteiger partial charge in [0.1, 0.15) is 11.6 Å².